The average Bonchev–Trinajstić information content (AvgIpc) is 3.30. The van der Waals surface area contributed by atoms with Crippen molar-refractivity contribution in [2.24, 2.45) is 0 Å². The van der Waals surface area contributed by atoms with Crippen LogP contribution in [0.5, 0.6) is 0 Å². The third-order valence-corrected chi connectivity index (χ3v) is 6.44. The molecule has 0 saturated carbocycles. The number of nitrogens with zero attached hydrogens (tertiary/aromatic N) is 5. The molecule has 15 nitrogen and oxygen atoms in total. The number of aliphatic hydroxyl groups excluding tert-OH is 3. The summed E-state index contributed by atoms with van der Waals surface area (Å²) in [7, 11) is 2.91. The van der Waals surface area contributed by atoms with Crippen molar-refractivity contribution in [3.8, 4) is 0 Å². The normalized spacial score (nSPS) is 23.3. The van der Waals surface area contributed by atoms with Gasteiger partial charge in [0, 0.05) is 11.5 Å². The second-order valence-corrected chi connectivity index (χ2v) is 8.75. The van der Waals surface area contributed by atoms with E-state index in [2.05, 4.69) is 30.8 Å². The second kappa shape index (κ2) is 11.6. The van der Waals surface area contributed by atoms with Gasteiger partial charge in [0.2, 0.25) is 0 Å². The van der Waals surface area contributed by atoms with Crippen molar-refractivity contribution < 1.29 is 34.8 Å². The van der Waals surface area contributed by atoms with Crippen LogP contribution in [0, 0.1) is 10.1 Å². The van der Waals surface area contributed by atoms with Crippen LogP contribution in [-0.2, 0) is 14.4 Å². The van der Waals surface area contributed by atoms with Crippen LogP contribution in [-0.4, -0.2) is 89.6 Å². The SMILES string of the molecule is O=[N+]([O-])OCCSSCCONNc1ncnc2c1ncn2[C@@H]1O[C@H](CO)[C@@H](O)[C@H]1O. The summed E-state index contributed by atoms with van der Waals surface area (Å²) in [5.41, 5.74) is 6.01. The first-order valence-corrected chi connectivity index (χ1v) is 11.5. The Morgan fingerprint density at radius 1 is 1.23 bits per heavy atom. The van der Waals surface area contributed by atoms with Gasteiger partial charge in [0.05, 0.1) is 19.5 Å². The van der Waals surface area contributed by atoms with Crippen LogP contribution in [0.4, 0.5) is 5.82 Å². The van der Waals surface area contributed by atoms with E-state index in [1.165, 1.54) is 38.8 Å². The molecule has 3 heterocycles. The number of hydrogen-bond acceptors (Lipinski definition) is 15. The van der Waals surface area contributed by atoms with Crippen molar-refractivity contribution in [3.63, 3.8) is 0 Å². The Bertz CT molecular complexity index is 861. The monoisotopic (exact) mass is 479 g/mol. The smallest absolute Gasteiger partial charge is 0.294 e. The van der Waals surface area contributed by atoms with Crippen molar-refractivity contribution in [1.82, 2.24) is 25.1 Å². The minimum absolute atomic E-state index is 0.0320. The van der Waals surface area contributed by atoms with Crippen LogP contribution in [0.25, 0.3) is 11.2 Å². The van der Waals surface area contributed by atoms with Gasteiger partial charge in [0.1, 0.15) is 31.2 Å². The van der Waals surface area contributed by atoms with Gasteiger partial charge in [-0.05, 0) is 0 Å². The summed E-state index contributed by atoms with van der Waals surface area (Å²) in [6, 6.07) is 0. The van der Waals surface area contributed by atoms with Gasteiger partial charge in [-0.25, -0.2) is 15.0 Å². The lowest BCUT2D eigenvalue weighted by atomic mass is 10.1. The Balaban J connectivity index is 1.46. The van der Waals surface area contributed by atoms with Gasteiger partial charge >= 0.3 is 0 Å². The van der Waals surface area contributed by atoms with Crippen LogP contribution in [0.1, 0.15) is 6.23 Å². The molecule has 2 aromatic rings. The number of hydrazine groups is 1. The van der Waals surface area contributed by atoms with Gasteiger partial charge in [-0.3, -0.25) is 14.8 Å². The van der Waals surface area contributed by atoms with Crippen molar-refractivity contribution in [1.29, 1.82) is 0 Å². The lowest BCUT2D eigenvalue weighted by molar-refractivity contribution is -0.756. The molecule has 5 N–H and O–H groups in total. The minimum atomic E-state index is -1.26. The van der Waals surface area contributed by atoms with E-state index in [9.17, 15) is 25.4 Å². The molecule has 0 amide bonds. The van der Waals surface area contributed by atoms with E-state index in [1.54, 1.807) is 0 Å². The molecule has 0 unspecified atom stereocenters. The zero-order valence-corrected chi connectivity index (χ0v) is 17.6. The predicted octanol–water partition coefficient (Wildman–Crippen LogP) is -1.12. The van der Waals surface area contributed by atoms with Crippen LogP contribution < -0.4 is 11.0 Å². The molecule has 1 aliphatic rings. The lowest BCUT2D eigenvalue weighted by Crippen LogP contribution is -2.33. The first-order valence-electron chi connectivity index (χ1n) is 8.97. The summed E-state index contributed by atoms with van der Waals surface area (Å²) in [5.74, 6) is 1.42. The highest BCUT2D eigenvalue weighted by atomic mass is 33.1. The molecule has 3 rings (SSSR count). The molecule has 0 aromatic carbocycles. The van der Waals surface area contributed by atoms with Gasteiger partial charge in [-0.15, -0.1) is 15.7 Å². The van der Waals surface area contributed by atoms with Gasteiger partial charge < -0.3 is 24.9 Å². The van der Waals surface area contributed by atoms with Crippen LogP contribution in [0.3, 0.4) is 0 Å². The maximum absolute atomic E-state index is 10.2. The number of aliphatic hydroxyl groups is 3. The van der Waals surface area contributed by atoms with E-state index in [0.717, 1.165) is 0 Å². The third-order valence-electron chi connectivity index (χ3n) is 4.11. The van der Waals surface area contributed by atoms with Crippen molar-refractivity contribution in [2.45, 2.75) is 24.5 Å². The Labute approximate surface area is 182 Å². The van der Waals surface area contributed by atoms with E-state index in [-0.39, 0.29) is 6.61 Å². The van der Waals surface area contributed by atoms with Crippen molar-refractivity contribution in [2.75, 3.05) is 36.8 Å². The molecule has 1 saturated heterocycles. The summed E-state index contributed by atoms with van der Waals surface area (Å²) in [5, 5.41) is 38.6. The number of fused-ring (bicyclic) bond motifs is 1. The topological polar surface area (TPSA) is 199 Å². The molecular weight excluding hydrogens is 458 g/mol. The van der Waals surface area contributed by atoms with Crippen LogP contribution >= 0.6 is 21.6 Å². The number of rotatable bonds is 13. The molecule has 0 spiro atoms. The fraction of sp³-hybridized carbons (Fsp3) is 0.643. The molecule has 1 fully saturated rings. The summed E-state index contributed by atoms with van der Waals surface area (Å²) >= 11 is 0. The van der Waals surface area contributed by atoms with E-state index in [0.29, 0.717) is 35.1 Å². The van der Waals surface area contributed by atoms with Crippen molar-refractivity contribution in [3.05, 3.63) is 22.8 Å². The molecule has 0 radical (unpaired) electrons. The predicted molar refractivity (Wildman–Crippen MR) is 109 cm³/mol. The molecular formula is C14H21N7O8S2. The number of imidazole rings is 1. The molecule has 0 bridgehead atoms. The number of aromatic nitrogens is 4. The highest BCUT2D eigenvalue weighted by molar-refractivity contribution is 8.76. The first-order chi connectivity index (χ1) is 15.0. The molecule has 1 aliphatic heterocycles. The first kappa shape index (κ1) is 23.7. The highest BCUT2D eigenvalue weighted by Crippen LogP contribution is 2.31. The van der Waals surface area contributed by atoms with Gasteiger partial charge in [0.15, 0.2) is 23.2 Å². The zero-order chi connectivity index (χ0) is 22.2. The largest absolute Gasteiger partial charge is 0.394 e. The lowest BCUT2D eigenvalue weighted by Gasteiger charge is -2.16. The zero-order valence-electron chi connectivity index (χ0n) is 15.9. The van der Waals surface area contributed by atoms with Crippen LogP contribution in [0.2, 0.25) is 0 Å². The Kier molecular flexibility index (Phi) is 8.84. The fourth-order valence-corrected chi connectivity index (χ4v) is 4.36. The summed E-state index contributed by atoms with van der Waals surface area (Å²) in [6.45, 7) is -0.0654. The molecule has 172 valence electrons. The van der Waals surface area contributed by atoms with Crippen molar-refractivity contribution >= 4 is 38.6 Å². The fourth-order valence-electron chi connectivity index (χ4n) is 2.71. The summed E-state index contributed by atoms with van der Waals surface area (Å²) < 4.78 is 6.95. The van der Waals surface area contributed by atoms with E-state index >= 15 is 0 Å². The Hall–Kier alpha value is -1.99. The minimum Gasteiger partial charge on any atom is -0.394 e. The Morgan fingerprint density at radius 3 is 2.71 bits per heavy atom. The van der Waals surface area contributed by atoms with Gasteiger partial charge in [0.25, 0.3) is 5.09 Å². The maximum Gasteiger partial charge on any atom is 0.294 e. The number of hydrogen-bond donors (Lipinski definition) is 5. The average molecular weight is 479 g/mol. The Morgan fingerprint density at radius 2 is 2.00 bits per heavy atom. The number of nitrogens with one attached hydrogen (secondary N) is 2. The highest BCUT2D eigenvalue weighted by Gasteiger charge is 2.44. The van der Waals surface area contributed by atoms with E-state index in [1.807, 2.05) is 0 Å². The van der Waals surface area contributed by atoms with E-state index in [4.69, 9.17) is 9.57 Å². The van der Waals surface area contributed by atoms with Gasteiger partial charge in [-0.2, -0.15) is 0 Å². The molecule has 2 aromatic heterocycles. The van der Waals surface area contributed by atoms with Crippen LogP contribution in [0.15, 0.2) is 12.7 Å². The maximum atomic E-state index is 10.2. The quantitative estimate of drug-likeness (QED) is 0.1000. The number of anilines is 1. The van der Waals surface area contributed by atoms with E-state index < -0.39 is 36.2 Å². The molecule has 31 heavy (non-hydrogen) atoms. The molecule has 4 atom stereocenters. The molecule has 0 aliphatic carbocycles. The summed E-state index contributed by atoms with van der Waals surface area (Å²) in [6.07, 6.45) is -1.70. The summed E-state index contributed by atoms with van der Waals surface area (Å²) in [4.78, 5) is 31.9. The van der Waals surface area contributed by atoms with Gasteiger partial charge in [-0.1, -0.05) is 21.6 Å². The second-order valence-electron chi connectivity index (χ2n) is 6.05. The standard InChI is InChI=1S/C14H21N7O8S2/c22-5-8-10(23)11(24)14(29-8)20-7-17-9-12(15-6-16-13(9)20)18-19-27-1-3-30-31-4-2-28-21(25)26/h6-8,10-11,14,19,22-24H,1-5H2,(H,15,16,18)/t8-,10-,11-,14-/m1/s1. The third kappa shape index (κ3) is 6.04. The number of ether oxygens (including phenoxy) is 1. The molecule has 17 heteroatoms.